The molecule has 0 saturated heterocycles. The van der Waals surface area contributed by atoms with Gasteiger partial charge in [0.1, 0.15) is 11.3 Å². The minimum Gasteiger partial charge on any atom is -0.469 e. The molecule has 19 heavy (non-hydrogen) atoms. The zero-order valence-corrected chi connectivity index (χ0v) is 11.5. The van der Waals surface area contributed by atoms with E-state index in [0.29, 0.717) is 23.7 Å². The van der Waals surface area contributed by atoms with Crippen molar-refractivity contribution < 1.29 is 9.21 Å². The van der Waals surface area contributed by atoms with Gasteiger partial charge in [-0.25, -0.2) is 0 Å². The molecule has 4 heteroatoms. The highest BCUT2D eigenvalue weighted by molar-refractivity contribution is 5.95. The van der Waals surface area contributed by atoms with Crippen molar-refractivity contribution in [2.24, 2.45) is 5.92 Å². The first-order chi connectivity index (χ1) is 9.10. The van der Waals surface area contributed by atoms with Crippen LogP contribution in [0.3, 0.4) is 0 Å². The molecule has 1 fully saturated rings. The van der Waals surface area contributed by atoms with Crippen molar-refractivity contribution in [3.8, 4) is 6.07 Å². The van der Waals surface area contributed by atoms with Crippen LogP contribution in [0.1, 0.15) is 55.6 Å². The lowest BCUT2D eigenvalue weighted by atomic mass is 9.78. The highest BCUT2D eigenvalue weighted by Crippen LogP contribution is 2.31. The zero-order chi connectivity index (χ0) is 13.9. The maximum atomic E-state index is 12.3. The summed E-state index contributed by atoms with van der Waals surface area (Å²) in [6.45, 7) is 4.13. The number of hydrogen-bond acceptors (Lipinski definition) is 3. The molecule has 4 nitrogen and oxygen atoms in total. The molecule has 1 aromatic rings. The van der Waals surface area contributed by atoms with E-state index in [1.807, 2.05) is 6.92 Å². The maximum Gasteiger partial charge on any atom is 0.256 e. The molecule has 0 bridgehead atoms. The van der Waals surface area contributed by atoms with Crippen molar-refractivity contribution in [1.82, 2.24) is 5.32 Å². The standard InChI is InChI=1S/C15H20N2O2/c1-3-13-12(6-9-19-13)14(18)17-15(10-16)7-4-11(2)5-8-15/h6,9,11H,3-5,7-8H2,1-2H3,(H,17,18). The molecule has 1 heterocycles. The Kier molecular flexibility index (Phi) is 3.94. The number of nitrogens with one attached hydrogen (secondary N) is 1. The van der Waals surface area contributed by atoms with Crippen molar-refractivity contribution in [2.45, 2.75) is 51.5 Å². The molecule has 0 unspecified atom stereocenters. The van der Waals surface area contributed by atoms with Gasteiger partial charge in [0.05, 0.1) is 17.9 Å². The van der Waals surface area contributed by atoms with E-state index in [4.69, 9.17) is 4.42 Å². The fourth-order valence-corrected chi connectivity index (χ4v) is 2.62. The summed E-state index contributed by atoms with van der Waals surface area (Å²) < 4.78 is 5.26. The molecule has 102 valence electrons. The Balaban J connectivity index is 2.11. The predicted octanol–water partition coefficient (Wildman–Crippen LogP) is 3.04. The minimum atomic E-state index is -0.703. The van der Waals surface area contributed by atoms with Gasteiger partial charge in [0.15, 0.2) is 0 Å². The fourth-order valence-electron chi connectivity index (χ4n) is 2.62. The lowest BCUT2D eigenvalue weighted by molar-refractivity contribution is 0.0892. The number of carbonyl (C=O) groups is 1. The molecule has 1 aliphatic carbocycles. The van der Waals surface area contributed by atoms with Crippen LogP contribution in [0, 0.1) is 17.2 Å². The number of aryl methyl sites for hydroxylation is 1. The highest BCUT2D eigenvalue weighted by Gasteiger charge is 2.36. The van der Waals surface area contributed by atoms with E-state index < -0.39 is 5.54 Å². The number of amides is 1. The molecule has 0 aromatic carbocycles. The molecule has 1 N–H and O–H groups in total. The van der Waals surface area contributed by atoms with Gasteiger partial charge in [-0.05, 0) is 37.7 Å². The van der Waals surface area contributed by atoms with Gasteiger partial charge >= 0.3 is 0 Å². The molecule has 1 saturated carbocycles. The summed E-state index contributed by atoms with van der Waals surface area (Å²) in [7, 11) is 0. The summed E-state index contributed by atoms with van der Waals surface area (Å²) in [4.78, 5) is 12.3. The van der Waals surface area contributed by atoms with Crippen molar-refractivity contribution in [3.63, 3.8) is 0 Å². The summed E-state index contributed by atoms with van der Waals surface area (Å²) in [5.41, 5.74) is -0.151. The number of nitrogens with zero attached hydrogens (tertiary/aromatic N) is 1. The van der Waals surface area contributed by atoms with E-state index in [0.717, 1.165) is 25.7 Å². The normalized spacial score (nSPS) is 26.7. The second-order valence-corrected chi connectivity index (χ2v) is 5.44. The Morgan fingerprint density at radius 3 is 2.84 bits per heavy atom. The largest absolute Gasteiger partial charge is 0.469 e. The SMILES string of the molecule is CCc1occc1C(=O)NC1(C#N)CCC(C)CC1. The van der Waals surface area contributed by atoms with Crippen LogP contribution in [0.4, 0.5) is 0 Å². The van der Waals surface area contributed by atoms with E-state index in [-0.39, 0.29) is 5.91 Å². The van der Waals surface area contributed by atoms with Crippen molar-refractivity contribution in [3.05, 3.63) is 23.7 Å². The van der Waals surface area contributed by atoms with Crippen LogP contribution in [-0.2, 0) is 6.42 Å². The number of nitriles is 1. The first kappa shape index (κ1) is 13.7. The summed E-state index contributed by atoms with van der Waals surface area (Å²) in [5, 5.41) is 12.3. The average Bonchev–Trinajstić information content (AvgIpc) is 2.90. The first-order valence-corrected chi connectivity index (χ1v) is 6.90. The Morgan fingerprint density at radius 1 is 1.58 bits per heavy atom. The first-order valence-electron chi connectivity index (χ1n) is 6.90. The Hall–Kier alpha value is -1.76. The van der Waals surface area contributed by atoms with Gasteiger partial charge in [0.25, 0.3) is 5.91 Å². The molecule has 1 amide bonds. The third kappa shape index (κ3) is 2.81. The zero-order valence-electron chi connectivity index (χ0n) is 11.5. The van der Waals surface area contributed by atoms with Gasteiger partial charge in [0.2, 0.25) is 0 Å². The third-order valence-electron chi connectivity index (χ3n) is 4.01. The summed E-state index contributed by atoms with van der Waals surface area (Å²) >= 11 is 0. The summed E-state index contributed by atoms with van der Waals surface area (Å²) in [6.07, 6.45) is 5.63. The number of rotatable bonds is 3. The van der Waals surface area contributed by atoms with Crippen LogP contribution in [0.2, 0.25) is 0 Å². The molecule has 0 radical (unpaired) electrons. The van der Waals surface area contributed by atoms with Crippen molar-refractivity contribution in [2.75, 3.05) is 0 Å². The lowest BCUT2D eigenvalue weighted by Gasteiger charge is -2.34. The molecule has 2 rings (SSSR count). The fraction of sp³-hybridized carbons (Fsp3) is 0.600. The average molecular weight is 260 g/mol. The van der Waals surface area contributed by atoms with Gasteiger partial charge in [-0.2, -0.15) is 5.26 Å². The Bertz CT molecular complexity index is 490. The molecule has 0 aliphatic heterocycles. The molecule has 0 atom stereocenters. The Morgan fingerprint density at radius 2 is 2.26 bits per heavy atom. The highest BCUT2D eigenvalue weighted by atomic mass is 16.3. The molecule has 1 aromatic heterocycles. The van der Waals surface area contributed by atoms with Crippen LogP contribution in [-0.4, -0.2) is 11.4 Å². The number of hydrogen-bond donors (Lipinski definition) is 1. The summed E-state index contributed by atoms with van der Waals surface area (Å²) in [5.74, 6) is 1.12. The second-order valence-electron chi connectivity index (χ2n) is 5.44. The smallest absolute Gasteiger partial charge is 0.256 e. The van der Waals surface area contributed by atoms with Crippen LogP contribution < -0.4 is 5.32 Å². The van der Waals surface area contributed by atoms with E-state index in [1.165, 1.54) is 6.26 Å². The van der Waals surface area contributed by atoms with E-state index in [2.05, 4.69) is 18.3 Å². The van der Waals surface area contributed by atoms with E-state index in [1.54, 1.807) is 6.07 Å². The van der Waals surface area contributed by atoms with Gasteiger partial charge in [-0.3, -0.25) is 4.79 Å². The topological polar surface area (TPSA) is 66.0 Å². The van der Waals surface area contributed by atoms with Gasteiger partial charge in [-0.1, -0.05) is 13.8 Å². The lowest BCUT2D eigenvalue weighted by Crippen LogP contribution is -2.49. The van der Waals surface area contributed by atoms with Crippen molar-refractivity contribution in [1.29, 1.82) is 5.26 Å². The van der Waals surface area contributed by atoms with Gasteiger partial charge in [0, 0.05) is 6.42 Å². The molecule has 0 spiro atoms. The van der Waals surface area contributed by atoms with Crippen LogP contribution in [0.15, 0.2) is 16.7 Å². The summed E-state index contributed by atoms with van der Waals surface area (Å²) in [6, 6.07) is 3.98. The second kappa shape index (κ2) is 5.48. The van der Waals surface area contributed by atoms with E-state index in [9.17, 15) is 10.1 Å². The van der Waals surface area contributed by atoms with Gasteiger partial charge in [-0.15, -0.1) is 0 Å². The predicted molar refractivity (Wildman–Crippen MR) is 71.5 cm³/mol. The van der Waals surface area contributed by atoms with Gasteiger partial charge < -0.3 is 9.73 Å². The molecular weight excluding hydrogens is 240 g/mol. The van der Waals surface area contributed by atoms with Crippen molar-refractivity contribution >= 4 is 5.91 Å². The number of furan rings is 1. The quantitative estimate of drug-likeness (QED) is 0.908. The van der Waals surface area contributed by atoms with Crippen LogP contribution in [0.5, 0.6) is 0 Å². The third-order valence-corrected chi connectivity index (χ3v) is 4.01. The van der Waals surface area contributed by atoms with E-state index >= 15 is 0 Å². The maximum absolute atomic E-state index is 12.3. The van der Waals surface area contributed by atoms with Crippen LogP contribution in [0.25, 0.3) is 0 Å². The number of carbonyl (C=O) groups excluding carboxylic acids is 1. The molecule has 1 aliphatic rings. The minimum absolute atomic E-state index is 0.193. The monoisotopic (exact) mass is 260 g/mol. The Labute approximate surface area is 113 Å². The molecular formula is C15H20N2O2. The van der Waals surface area contributed by atoms with Crippen LogP contribution >= 0.6 is 0 Å².